The predicted octanol–water partition coefficient (Wildman–Crippen LogP) is 1.45. The number of nitriles is 1. The number of aliphatic hydroxyl groups is 1. The molecule has 1 aromatic rings. The van der Waals surface area contributed by atoms with Crippen molar-refractivity contribution in [3.05, 3.63) is 29.8 Å². The van der Waals surface area contributed by atoms with E-state index in [2.05, 4.69) is 5.32 Å². The van der Waals surface area contributed by atoms with Crippen LogP contribution in [0.5, 0.6) is 5.75 Å². The van der Waals surface area contributed by atoms with Gasteiger partial charge in [-0.25, -0.2) is 0 Å². The molecule has 0 aromatic heterocycles. The molecular weight excluding hydrogens is 228 g/mol. The number of para-hydroxylation sites is 1. The van der Waals surface area contributed by atoms with Gasteiger partial charge in [0.15, 0.2) is 6.61 Å². The third kappa shape index (κ3) is 3.73. The van der Waals surface area contributed by atoms with Crippen LogP contribution in [0.4, 0.5) is 0 Å². The Labute approximate surface area is 107 Å². The summed E-state index contributed by atoms with van der Waals surface area (Å²) < 4.78 is 5.34. The van der Waals surface area contributed by atoms with E-state index in [0.717, 1.165) is 24.2 Å². The fourth-order valence-electron chi connectivity index (χ4n) is 1.90. The number of hydrogen-bond donors (Lipinski definition) is 2. The van der Waals surface area contributed by atoms with E-state index < -0.39 is 0 Å². The lowest BCUT2D eigenvalue weighted by Gasteiger charge is -2.13. The number of hydrogen-bond acceptors (Lipinski definition) is 4. The molecule has 2 rings (SSSR count). The highest BCUT2D eigenvalue weighted by Gasteiger charge is 2.29. The van der Waals surface area contributed by atoms with Gasteiger partial charge >= 0.3 is 0 Å². The number of aliphatic hydroxyl groups excluding tert-OH is 1. The van der Waals surface area contributed by atoms with Gasteiger partial charge in [0.05, 0.1) is 6.10 Å². The first-order valence-corrected chi connectivity index (χ1v) is 6.27. The molecule has 2 N–H and O–H groups in total. The number of rotatable bonds is 7. The Morgan fingerprint density at radius 2 is 2.22 bits per heavy atom. The maximum atomic E-state index is 9.74. The summed E-state index contributed by atoms with van der Waals surface area (Å²) in [5, 5.41) is 21.5. The Morgan fingerprint density at radius 1 is 1.44 bits per heavy atom. The number of nitrogens with zero attached hydrogens (tertiary/aromatic N) is 1. The predicted molar refractivity (Wildman–Crippen MR) is 68.0 cm³/mol. The van der Waals surface area contributed by atoms with Gasteiger partial charge in [0.2, 0.25) is 0 Å². The van der Waals surface area contributed by atoms with Gasteiger partial charge in [0.25, 0.3) is 0 Å². The third-order valence-electron chi connectivity index (χ3n) is 3.10. The standard InChI is InChI=1S/C14H18N2O2/c15-7-8-18-14-4-2-1-3-12(14)9-16-10-13(17)11-5-6-11/h1-4,11,13,16-17H,5-6,8-10H2. The summed E-state index contributed by atoms with van der Waals surface area (Å²) in [7, 11) is 0. The van der Waals surface area contributed by atoms with E-state index in [1.165, 1.54) is 0 Å². The minimum Gasteiger partial charge on any atom is -0.478 e. The van der Waals surface area contributed by atoms with Crippen LogP contribution in [-0.4, -0.2) is 24.4 Å². The fraction of sp³-hybridized carbons (Fsp3) is 0.500. The van der Waals surface area contributed by atoms with Crippen LogP contribution in [0, 0.1) is 17.2 Å². The van der Waals surface area contributed by atoms with Crippen molar-refractivity contribution in [3.8, 4) is 11.8 Å². The molecule has 0 heterocycles. The van der Waals surface area contributed by atoms with Gasteiger partial charge < -0.3 is 15.2 Å². The van der Waals surface area contributed by atoms with Gasteiger partial charge in [-0.15, -0.1) is 0 Å². The minimum atomic E-state index is -0.239. The Kier molecular flexibility index (Phi) is 4.57. The molecule has 0 radical (unpaired) electrons. The fourth-order valence-corrected chi connectivity index (χ4v) is 1.90. The first-order valence-electron chi connectivity index (χ1n) is 6.27. The molecule has 18 heavy (non-hydrogen) atoms. The Morgan fingerprint density at radius 3 is 2.94 bits per heavy atom. The third-order valence-corrected chi connectivity index (χ3v) is 3.10. The highest BCUT2D eigenvalue weighted by Crippen LogP contribution is 2.32. The summed E-state index contributed by atoms with van der Waals surface area (Å²) in [6, 6.07) is 9.59. The van der Waals surface area contributed by atoms with E-state index in [9.17, 15) is 5.11 Å². The molecule has 96 valence electrons. The van der Waals surface area contributed by atoms with Crippen molar-refractivity contribution in [3.63, 3.8) is 0 Å². The van der Waals surface area contributed by atoms with Crippen LogP contribution in [-0.2, 0) is 6.54 Å². The van der Waals surface area contributed by atoms with Crippen molar-refractivity contribution in [2.75, 3.05) is 13.2 Å². The van der Waals surface area contributed by atoms with E-state index in [0.29, 0.717) is 19.0 Å². The Hall–Kier alpha value is -1.57. The average Bonchev–Trinajstić information content (AvgIpc) is 3.22. The van der Waals surface area contributed by atoms with E-state index in [1.54, 1.807) is 0 Å². The lowest BCUT2D eigenvalue weighted by molar-refractivity contribution is 0.148. The lowest BCUT2D eigenvalue weighted by Crippen LogP contribution is -2.28. The summed E-state index contributed by atoms with van der Waals surface area (Å²) >= 11 is 0. The van der Waals surface area contributed by atoms with Crippen LogP contribution in [0.1, 0.15) is 18.4 Å². The van der Waals surface area contributed by atoms with Crippen molar-refractivity contribution in [1.82, 2.24) is 5.32 Å². The highest BCUT2D eigenvalue weighted by atomic mass is 16.5. The molecule has 0 spiro atoms. The highest BCUT2D eigenvalue weighted by molar-refractivity contribution is 5.33. The summed E-state index contributed by atoms with van der Waals surface area (Å²) in [5.41, 5.74) is 1.01. The smallest absolute Gasteiger partial charge is 0.174 e. The van der Waals surface area contributed by atoms with Gasteiger partial charge in [-0.1, -0.05) is 18.2 Å². The van der Waals surface area contributed by atoms with Gasteiger partial charge in [-0.3, -0.25) is 0 Å². The van der Waals surface area contributed by atoms with E-state index in [-0.39, 0.29) is 12.7 Å². The molecule has 4 nitrogen and oxygen atoms in total. The summed E-state index contributed by atoms with van der Waals surface area (Å²) in [6.45, 7) is 1.31. The maximum Gasteiger partial charge on any atom is 0.174 e. The molecule has 0 saturated heterocycles. The average molecular weight is 246 g/mol. The summed E-state index contributed by atoms with van der Waals surface area (Å²) in [4.78, 5) is 0. The zero-order valence-electron chi connectivity index (χ0n) is 10.3. The molecule has 1 aromatic carbocycles. The molecule has 1 aliphatic rings. The molecule has 0 amide bonds. The van der Waals surface area contributed by atoms with Crippen molar-refractivity contribution >= 4 is 0 Å². The van der Waals surface area contributed by atoms with Crippen LogP contribution in [0.15, 0.2) is 24.3 Å². The zero-order valence-corrected chi connectivity index (χ0v) is 10.3. The molecule has 0 aliphatic heterocycles. The second-order valence-electron chi connectivity index (χ2n) is 4.59. The largest absolute Gasteiger partial charge is 0.478 e. The quantitative estimate of drug-likeness (QED) is 0.764. The first-order chi connectivity index (χ1) is 8.81. The molecule has 4 heteroatoms. The molecule has 1 unspecified atom stereocenters. The Balaban J connectivity index is 1.82. The van der Waals surface area contributed by atoms with Crippen LogP contribution < -0.4 is 10.1 Å². The minimum absolute atomic E-state index is 0.0573. The molecule has 0 bridgehead atoms. The van der Waals surface area contributed by atoms with Crippen LogP contribution in [0.25, 0.3) is 0 Å². The summed E-state index contributed by atoms with van der Waals surface area (Å²) in [5.74, 6) is 1.22. The number of nitrogens with one attached hydrogen (secondary N) is 1. The number of benzene rings is 1. The monoisotopic (exact) mass is 246 g/mol. The normalized spacial score (nSPS) is 16.0. The second kappa shape index (κ2) is 6.39. The van der Waals surface area contributed by atoms with Crippen LogP contribution in [0.2, 0.25) is 0 Å². The molecular formula is C14H18N2O2. The maximum absolute atomic E-state index is 9.74. The number of ether oxygens (including phenoxy) is 1. The van der Waals surface area contributed by atoms with Crippen molar-refractivity contribution in [2.45, 2.75) is 25.5 Å². The molecule has 1 fully saturated rings. The zero-order chi connectivity index (χ0) is 12.8. The van der Waals surface area contributed by atoms with Gasteiger partial charge in [0, 0.05) is 18.7 Å². The van der Waals surface area contributed by atoms with Crippen molar-refractivity contribution < 1.29 is 9.84 Å². The topological polar surface area (TPSA) is 65.3 Å². The lowest BCUT2D eigenvalue weighted by atomic mass is 10.2. The van der Waals surface area contributed by atoms with Gasteiger partial charge in [0.1, 0.15) is 11.8 Å². The molecule has 1 atom stereocenters. The van der Waals surface area contributed by atoms with E-state index in [1.807, 2.05) is 30.3 Å². The Bertz CT molecular complexity index is 424. The SMILES string of the molecule is N#CCOc1ccccc1CNCC(O)C1CC1. The van der Waals surface area contributed by atoms with Gasteiger partial charge in [-0.2, -0.15) is 5.26 Å². The molecule has 1 saturated carbocycles. The summed E-state index contributed by atoms with van der Waals surface area (Å²) in [6.07, 6.45) is 2.05. The molecule has 1 aliphatic carbocycles. The van der Waals surface area contributed by atoms with Crippen LogP contribution in [0.3, 0.4) is 0 Å². The van der Waals surface area contributed by atoms with Gasteiger partial charge in [-0.05, 0) is 24.8 Å². The van der Waals surface area contributed by atoms with Crippen LogP contribution >= 0.6 is 0 Å². The van der Waals surface area contributed by atoms with Crippen molar-refractivity contribution in [1.29, 1.82) is 5.26 Å². The first kappa shape index (κ1) is 12.9. The van der Waals surface area contributed by atoms with E-state index >= 15 is 0 Å². The van der Waals surface area contributed by atoms with Crippen molar-refractivity contribution in [2.24, 2.45) is 5.92 Å². The van der Waals surface area contributed by atoms with E-state index in [4.69, 9.17) is 10.00 Å². The second-order valence-corrected chi connectivity index (χ2v) is 4.59.